The number of hydrogen-bond donors (Lipinski definition) is 0. The first-order valence-corrected chi connectivity index (χ1v) is 4.96. The van der Waals surface area contributed by atoms with Gasteiger partial charge in [-0.05, 0) is 28.9 Å². The highest BCUT2D eigenvalue weighted by molar-refractivity contribution is 5.87. The van der Waals surface area contributed by atoms with Crippen LogP contribution in [-0.4, -0.2) is 9.85 Å². The average molecular weight is 230 g/mol. The Bertz CT molecular complexity index is 731. The van der Waals surface area contributed by atoms with Crippen molar-refractivity contribution in [2.24, 2.45) is 0 Å². The Morgan fingerprint density at radius 1 is 1.00 bits per heavy atom. The number of fused-ring (bicyclic) bond motifs is 3. The molecule has 0 aliphatic heterocycles. The molecule has 0 heterocycles. The van der Waals surface area contributed by atoms with Crippen molar-refractivity contribution in [3.63, 3.8) is 0 Å². The van der Waals surface area contributed by atoms with Crippen LogP contribution in [0.25, 0.3) is 11.1 Å². The van der Waals surface area contributed by atoms with Crippen molar-refractivity contribution in [3.05, 3.63) is 55.0 Å². The molecule has 0 unspecified atom stereocenters. The summed E-state index contributed by atoms with van der Waals surface area (Å²) in [5, 5.41) is 23.0. The molecule has 1 aromatic carbocycles. The fraction of sp³-hybridized carbons (Fsp3) is 0.0909. The molecule has 2 bridgehead atoms. The number of benzene rings is 1. The van der Waals surface area contributed by atoms with Crippen molar-refractivity contribution in [2.45, 2.75) is 6.42 Å². The summed E-state index contributed by atoms with van der Waals surface area (Å²) in [6.45, 7) is 0. The predicted molar refractivity (Wildman–Crippen MR) is 59.6 cm³/mol. The number of nitrogens with zero attached hydrogens (tertiary/aromatic N) is 2. The van der Waals surface area contributed by atoms with Gasteiger partial charge in [-0.25, -0.2) is 0 Å². The van der Waals surface area contributed by atoms with E-state index in [1.54, 1.807) is 12.1 Å². The minimum atomic E-state index is -0.709. The molecule has 0 amide bonds. The number of rotatable bonds is 2. The quantitative estimate of drug-likeness (QED) is 0.554. The Morgan fingerprint density at radius 3 is 2.35 bits per heavy atom. The Kier molecular flexibility index (Phi) is 1.72. The van der Waals surface area contributed by atoms with Gasteiger partial charge in [-0.15, -0.1) is 0 Å². The molecule has 2 aliphatic carbocycles. The maximum absolute atomic E-state index is 11.0. The van der Waals surface area contributed by atoms with Crippen LogP contribution in [0.4, 0.5) is 11.4 Å². The maximum Gasteiger partial charge on any atom is 0.354 e. The van der Waals surface area contributed by atoms with Gasteiger partial charge in [0.15, 0.2) is 0 Å². The standard InChI is InChI=1S/C11H6N2O4/c14-12(15)9-4-3-8-6-1-2-7(5-6)10(8)11(9)13(16)17/h1-4H,5H2. The predicted octanol–water partition coefficient (Wildman–Crippen LogP) is 0.778. The summed E-state index contributed by atoms with van der Waals surface area (Å²) >= 11 is 0. The van der Waals surface area contributed by atoms with Crippen LogP contribution in [0.1, 0.15) is 6.42 Å². The van der Waals surface area contributed by atoms with Crippen LogP contribution in [0.15, 0.2) is 24.3 Å². The maximum atomic E-state index is 11.0. The van der Waals surface area contributed by atoms with Crippen LogP contribution in [0, 0.1) is 20.2 Å². The topological polar surface area (TPSA) is 86.3 Å². The van der Waals surface area contributed by atoms with Gasteiger partial charge in [-0.2, -0.15) is 0 Å². The largest absolute Gasteiger partial charge is 0.354 e. The van der Waals surface area contributed by atoms with Crippen molar-refractivity contribution in [2.75, 3.05) is 0 Å². The third kappa shape index (κ3) is 1.14. The van der Waals surface area contributed by atoms with Gasteiger partial charge in [-0.3, -0.25) is 20.2 Å². The lowest BCUT2D eigenvalue weighted by Gasteiger charge is -1.98. The van der Waals surface area contributed by atoms with E-state index < -0.39 is 15.5 Å². The van der Waals surface area contributed by atoms with Crippen molar-refractivity contribution in [1.29, 1.82) is 0 Å². The van der Waals surface area contributed by atoms with Gasteiger partial charge in [-0.1, -0.05) is 12.2 Å². The van der Waals surface area contributed by atoms with E-state index in [9.17, 15) is 20.2 Å². The molecule has 84 valence electrons. The Hall–Kier alpha value is -2.50. The molecule has 0 atom stereocenters. The highest BCUT2D eigenvalue weighted by Crippen LogP contribution is 2.29. The monoisotopic (exact) mass is 230 g/mol. The molecule has 0 N–H and O–H groups in total. The first-order valence-electron chi connectivity index (χ1n) is 4.96. The summed E-state index contributed by atoms with van der Waals surface area (Å²) in [5.41, 5.74) is 0.961. The van der Waals surface area contributed by atoms with Crippen LogP contribution >= 0.6 is 0 Å². The van der Waals surface area contributed by atoms with Crippen molar-refractivity contribution < 1.29 is 9.85 Å². The van der Waals surface area contributed by atoms with E-state index in [1.165, 1.54) is 6.07 Å². The van der Waals surface area contributed by atoms with E-state index in [0.29, 0.717) is 11.6 Å². The Balaban J connectivity index is 2.53. The molecule has 0 radical (unpaired) electrons. The van der Waals surface area contributed by atoms with Gasteiger partial charge in [0.1, 0.15) is 0 Å². The second kappa shape index (κ2) is 3.00. The average Bonchev–Trinajstić information content (AvgIpc) is 2.87. The van der Waals surface area contributed by atoms with Crippen LogP contribution in [0.3, 0.4) is 0 Å². The molecule has 0 fully saturated rings. The zero-order valence-electron chi connectivity index (χ0n) is 8.54. The molecular formula is C11H6N2O4. The van der Waals surface area contributed by atoms with Gasteiger partial charge in [0.25, 0.3) is 0 Å². The molecule has 0 spiro atoms. The molecule has 1 aromatic rings. The van der Waals surface area contributed by atoms with E-state index in [0.717, 1.165) is 16.4 Å². The van der Waals surface area contributed by atoms with Crippen molar-refractivity contribution in [3.8, 4) is 0 Å². The van der Waals surface area contributed by atoms with Crippen molar-refractivity contribution in [1.82, 2.24) is 0 Å². The number of nitro groups is 2. The van der Waals surface area contributed by atoms with E-state index in [1.807, 2.05) is 6.08 Å². The molecule has 17 heavy (non-hydrogen) atoms. The lowest BCUT2D eigenvalue weighted by Crippen LogP contribution is -2.28. The molecule has 6 nitrogen and oxygen atoms in total. The van der Waals surface area contributed by atoms with Gasteiger partial charge >= 0.3 is 11.4 Å². The van der Waals surface area contributed by atoms with Gasteiger partial charge < -0.3 is 0 Å². The van der Waals surface area contributed by atoms with Gasteiger partial charge in [0, 0.05) is 6.07 Å². The van der Waals surface area contributed by atoms with Crippen LogP contribution in [0.5, 0.6) is 0 Å². The van der Waals surface area contributed by atoms with E-state index in [4.69, 9.17) is 0 Å². The first-order chi connectivity index (χ1) is 8.09. The third-order valence-corrected chi connectivity index (χ3v) is 3.07. The lowest BCUT2D eigenvalue weighted by atomic mass is 10.1. The fourth-order valence-corrected chi connectivity index (χ4v) is 2.39. The van der Waals surface area contributed by atoms with Gasteiger partial charge in [0.05, 0.1) is 15.1 Å². The summed E-state index contributed by atoms with van der Waals surface area (Å²) in [6, 6.07) is 2.80. The Morgan fingerprint density at radius 2 is 1.71 bits per heavy atom. The van der Waals surface area contributed by atoms with Gasteiger partial charge in [0.2, 0.25) is 0 Å². The summed E-state index contributed by atoms with van der Waals surface area (Å²) in [7, 11) is 0. The van der Waals surface area contributed by atoms with E-state index in [2.05, 4.69) is 0 Å². The van der Waals surface area contributed by atoms with Crippen LogP contribution in [0.2, 0.25) is 0 Å². The summed E-state index contributed by atoms with van der Waals surface area (Å²) in [4.78, 5) is 20.4. The molecule has 6 heteroatoms. The molecule has 0 aromatic heterocycles. The summed E-state index contributed by atoms with van der Waals surface area (Å²) in [6.07, 6.45) is 4.32. The highest BCUT2D eigenvalue weighted by Gasteiger charge is 2.30. The first kappa shape index (κ1) is 9.71. The normalized spacial score (nSPS) is 15.3. The SMILES string of the molecule is O=[N+]([O-])c1ccc2c(c1[N+](=O)[O-])=C1C=CC=2C1. The van der Waals surface area contributed by atoms with E-state index in [-0.39, 0.29) is 5.69 Å². The summed E-state index contributed by atoms with van der Waals surface area (Å²) in [5.74, 6) is 0. The smallest absolute Gasteiger partial charge is 0.258 e. The van der Waals surface area contributed by atoms with Crippen LogP contribution in [-0.2, 0) is 0 Å². The molecular weight excluding hydrogens is 224 g/mol. The zero-order chi connectivity index (χ0) is 12.2. The molecule has 3 rings (SSSR count). The zero-order valence-corrected chi connectivity index (χ0v) is 8.54. The minimum Gasteiger partial charge on any atom is -0.258 e. The highest BCUT2D eigenvalue weighted by atomic mass is 16.6. The fourth-order valence-electron chi connectivity index (χ4n) is 2.39. The number of nitro benzene ring substituents is 2. The second-order valence-electron chi connectivity index (χ2n) is 3.93. The third-order valence-electron chi connectivity index (χ3n) is 3.07. The lowest BCUT2D eigenvalue weighted by molar-refractivity contribution is -0.423. The second-order valence-corrected chi connectivity index (χ2v) is 3.93. The van der Waals surface area contributed by atoms with Crippen LogP contribution < -0.4 is 10.4 Å². The number of hydrogen-bond acceptors (Lipinski definition) is 4. The minimum absolute atomic E-state index is 0.387. The van der Waals surface area contributed by atoms with Crippen molar-refractivity contribution >= 4 is 22.5 Å². The van der Waals surface area contributed by atoms with E-state index >= 15 is 0 Å². The molecule has 0 saturated carbocycles. The molecule has 2 aliphatic rings. The summed E-state index contributed by atoms with van der Waals surface area (Å²) < 4.78 is 0. The number of allylic oxidation sites excluding steroid dienone is 2. The molecule has 0 saturated heterocycles. The Labute approximate surface area is 94.5 Å².